The molecule has 0 aromatic heterocycles. The average molecular weight is 322 g/mol. The van der Waals surface area contributed by atoms with Crippen molar-refractivity contribution in [3.8, 4) is 0 Å². The first-order valence-electron chi connectivity index (χ1n) is 6.78. The van der Waals surface area contributed by atoms with Crippen LogP contribution in [0.15, 0.2) is 0 Å². The molecule has 20 heavy (non-hydrogen) atoms. The van der Waals surface area contributed by atoms with Crippen molar-refractivity contribution in [3.05, 3.63) is 0 Å². The highest BCUT2D eigenvalue weighted by Gasteiger charge is 2.16. The van der Waals surface area contributed by atoms with Crippen molar-refractivity contribution >= 4 is 33.5 Å². The van der Waals surface area contributed by atoms with Crippen LogP contribution in [0.25, 0.3) is 0 Å². The first-order chi connectivity index (χ1) is 9.22. The third-order valence-corrected chi connectivity index (χ3v) is 5.63. The smallest absolute Gasteiger partial charge is 0.303 e. The highest BCUT2D eigenvalue weighted by molar-refractivity contribution is 8.77. The molecule has 0 saturated heterocycles. The Hall–Kier alpha value is -0.400. The van der Waals surface area contributed by atoms with Crippen LogP contribution >= 0.6 is 21.6 Å². The number of hydrogen-bond acceptors (Lipinski definition) is 5. The summed E-state index contributed by atoms with van der Waals surface area (Å²) >= 11 is 0. The Labute approximate surface area is 129 Å². The van der Waals surface area contributed by atoms with Crippen LogP contribution in [0.2, 0.25) is 0 Å². The molecule has 0 aromatic rings. The van der Waals surface area contributed by atoms with Gasteiger partial charge in [-0.2, -0.15) is 0 Å². The van der Waals surface area contributed by atoms with Crippen LogP contribution in [0, 0.1) is 0 Å². The lowest BCUT2D eigenvalue weighted by atomic mass is 10.2. The molecular weight excluding hydrogens is 296 g/mol. The highest BCUT2D eigenvalue weighted by atomic mass is 33.1. The normalized spacial score (nSPS) is 13.0. The zero-order chi connectivity index (χ0) is 15.6. The van der Waals surface area contributed by atoms with E-state index in [0.717, 1.165) is 12.8 Å². The van der Waals surface area contributed by atoms with Crippen molar-refractivity contribution in [2.45, 2.75) is 57.2 Å². The quantitative estimate of drug-likeness (QED) is 0.422. The van der Waals surface area contributed by atoms with E-state index in [0.29, 0.717) is 18.7 Å². The van der Waals surface area contributed by atoms with Gasteiger partial charge in [0.2, 0.25) is 5.91 Å². The van der Waals surface area contributed by atoms with E-state index in [4.69, 9.17) is 10.8 Å². The van der Waals surface area contributed by atoms with E-state index in [9.17, 15) is 9.59 Å². The molecule has 118 valence electrons. The van der Waals surface area contributed by atoms with Crippen LogP contribution in [-0.4, -0.2) is 40.1 Å². The molecule has 0 spiro atoms. The lowest BCUT2D eigenvalue weighted by molar-refractivity contribution is -0.137. The molecule has 0 radical (unpaired) electrons. The lowest BCUT2D eigenvalue weighted by Crippen LogP contribution is -2.42. The minimum atomic E-state index is -0.774. The second-order valence-corrected chi connectivity index (χ2v) is 8.75. The fourth-order valence-corrected chi connectivity index (χ4v) is 3.70. The summed E-state index contributed by atoms with van der Waals surface area (Å²) < 4.78 is 0.158. The number of nitrogens with two attached hydrogens (primary N) is 1. The molecule has 5 nitrogen and oxygen atoms in total. The number of unbranched alkanes of at least 4 members (excludes halogenated alkanes) is 2. The number of rotatable bonds is 10. The second kappa shape index (κ2) is 10.3. The van der Waals surface area contributed by atoms with E-state index >= 15 is 0 Å². The molecule has 1 atom stereocenters. The predicted octanol–water partition coefficient (Wildman–Crippen LogP) is 2.25. The third-order valence-electron chi connectivity index (χ3n) is 2.26. The Balaban J connectivity index is 3.58. The SMILES string of the molecule is CC(C)(C)SSCC(N)C(=O)NCCCCCC(=O)O. The van der Waals surface area contributed by atoms with Crippen molar-refractivity contribution in [2.24, 2.45) is 5.73 Å². The summed E-state index contributed by atoms with van der Waals surface area (Å²) in [6.07, 6.45) is 2.43. The minimum absolute atomic E-state index is 0.134. The summed E-state index contributed by atoms with van der Waals surface area (Å²) in [5.74, 6) is -0.318. The Morgan fingerprint density at radius 1 is 1.25 bits per heavy atom. The second-order valence-electron chi connectivity index (χ2n) is 5.58. The third kappa shape index (κ3) is 12.6. The first-order valence-corrected chi connectivity index (χ1v) is 9.10. The molecule has 0 aliphatic rings. The summed E-state index contributed by atoms with van der Waals surface area (Å²) in [6, 6.07) is -0.492. The van der Waals surface area contributed by atoms with Crippen molar-refractivity contribution in [3.63, 3.8) is 0 Å². The van der Waals surface area contributed by atoms with Crippen LogP contribution in [-0.2, 0) is 9.59 Å². The van der Waals surface area contributed by atoms with E-state index < -0.39 is 12.0 Å². The Kier molecular flexibility index (Phi) is 10.1. The van der Waals surface area contributed by atoms with Gasteiger partial charge in [0.25, 0.3) is 0 Å². The zero-order valence-electron chi connectivity index (χ0n) is 12.5. The van der Waals surface area contributed by atoms with Gasteiger partial charge in [-0.3, -0.25) is 9.59 Å². The van der Waals surface area contributed by atoms with Gasteiger partial charge in [0, 0.05) is 23.5 Å². The van der Waals surface area contributed by atoms with Gasteiger partial charge in [-0.25, -0.2) is 0 Å². The molecule has 0 aromatic carbocycles. The average Bonchev–Trinajstić information content (AvgIpc) is 2.31. The van der Waals surface area contributed by atoms with Gasteiger partial charge in [0.1, 0.15) is 0 Å². The molecule has 0 fully saturated rings. The van der Waals surface area contributed by atoms with Gasteiger partial charge in [0.15, 0.2) is 0 Å². The van der Waals surface area contributed by atoms with Crippen LogP contribution in [0.4, 0.5) is 0 Å². The maximum Gasteiger partial charge on any atom is 0.303 e. The molecule has 0 aliphatic heterocycles. The fraction of sp³-hybridized carbons (Fsp3) is 0.846. The van der Waals surface area contributed by atoms with Crippen LogP contribution < -0.4 is 11.1 Å². The lowest BCUT2D eigenvalue weighted by Gasteiger charge is -2.18. The number of carboxylic acids is 1. The number of aliphatic carboxylic acids is 1. The highest BCUT2D eigenvalue weighted by Crippen LogP contribution is 2.34. The van der Waals surface area contributed by atoms with Gasteiger partial charge in [0.05, 0.1) is 6.04 Å². The number of carbonyl (C=O) groups excluding carboxylic acids is 1. The number of carboxylic acid groups (broad SMARTS) is 1. The fourth-order valence-electron chi connectivity index (χ4n) is 1.28. The molecule has 4 N–H and O–H groups in total. The molecular formula is C13H26N2O3S2. The monoisotopic (exact) mass is 322 g/mol. The van der Waals surface area contributed by atoms with E-state index in [-0.39, 0.29) is 17.1 Å². The summed E-state index contributed by atoms with van der Waals surface area (Å²) in [5, 5.41) is 11.3. The molecule has 0 saturated carbocycles. The maximum absolute atomic E-state index is 11.7. The molecule has 0 rings (SSSR count). The summed E-state index contributed by atoms with van der Waals surface area (Å²) in [6.45, 7) is 6.91. The molecule has 0 heterocycles. The number of nitrogens with one attached hydrogen (secondary N) is 1. The van der Waals surface area contributed by atoms with Crippen LogP contribution in [0.3, 0.4) is 0 Å². The van der Waals surface area contributed by atoms with Gasteiger partial charge in [-0.05, 0) is 12.8 Å². The summed E-state index contributed by atoms with van der Waals surface area (Å²) in [5.41, 5.74) is 5.80. The number of hydrogen-bond donors (Lipinski definition) is 3. The Morgan fingerprint density at radius 2 is 1.90 bits per heavy atom. The van der Waals surface area contributed by atoms with Gasteiger partial charge < -0.3 is 16.2 Å². The summed E-state index contributed by atoms with van der Waals surface area (Å²) in [4.78, 5) is 22.0. The van der Waals surface area contributed by atoms with Crippen LogP contribution in [0.1, 0.15) is 46.5 Å². The van der Waals surface area contributed by atoms with Crippen molar-refractivity contribution in [1.82, 2.24) is 5.32 Å². The standard InChI is InChI=1S/C13H26N2O3S2/c1-13(2,3)20-19-9-10(14)12(18)15-8-6-4-5-7-11(16)17/h10H,4-9,14H2,1-3H3,(H,15,18)(H,16,17). The Bertz CT molecular complexity index is 306. The van der Waals surface area contributed by atoms with E-state index in [1.54, 1.807) is 21.6 Å². The predicted molar refractivity (Wildman–Crippen MR) is 86.9 cm³/mol. The number of amides is 1. The van der Waals surface area contributed by atoms with E-state index in [2.05, 4.69) is 26.1 Å². The maximum atomic E-state index is 11.7. The van der Waals surface area contributed by atoms with Gasteiger partial charge in [-0.15, -0.1) is 0 Å². The van der Waals surface area contributed by atoms with Gasteiger partial charge >= 0.3 is 5.97 Å². The topological polar surface area (TPSA) is 92.4 Å². The molecule has 0 bridgehead atoms. The van der Waals surface area contributed by atoms with Crippen molar-refractivity contribution in [1.29, 1.82) is 0 Å². The summed E-state index contributed by atoms with van der Waals surface area (Å²) in [7, 11) is 3.33. The molecule has 7 heteroatoms. The molecule has 1 amide bonds. The molecule has 1 unspecified atom stereocenters. The molecule has 0 aliphatic carbocycles. The van der Waals surface area contributed by atoms with Crippen LogP contribution in [0.5, 0.6) is 0 Å². The van der Waals surface area contributed by atoms with Crippen molar-refractivity contribution < 1.29 is 14.7 Å². The minimum Gasteiger partial charge on any atom is -0.481 e. The van der Waals surface area contributed by atoms with E-state index in [1.165, 1.54) is 0 Å². The van der Waals surface area contributed by atoms with Gasteiger partial charge in [-0.1, -0.05) is 48.8 Å². The van der Waals surface area contributed by atoms with E-state index in [1.807, 2.05) is 0 Å². The number of carbonyl (C=O) groups is 2. The largest absolute Gasteiger partial charge is 0.481 e. The first kappa shape index (κ1) is 19.6. The zero-order valence-corrected chi connectivity index (χ0v) is 14.1. The van der Waals surface area contributed by atoms with Crippen molar-refractivity contribution in [2.75, 3.05) is 12.3 Å². The Morgan fingerprint density at radius 3 is 2.45 bits per heavy atom.